The molecule has 0 spiro atoms. The van der Waals surface area contributed by atoms with Gasteiger partial charge in [-0.15, -0.1) is 0 Å². The number of carbonyl (C=O) groups excluding carboxylic acids is 1. The summed E-state index contributed by atoms with van der Waals surface area (Å²) in [5.74, 6) is -2.32. The highest BCUT2D eigenvalue weighted by molar-refractivity contribution is 9.10. The van der Waals surface area contributed by atoms with Crippen LogP contribution in [0.5, 0.6) is 0 Å². The minimum absolute atomic E-state index is 0.0157. The van der Waals surface area contributed by atoms with Crippen LogP contribution < -0.4 is 5.32 Å². The first kappa shape index (κ1) is 18.1. The third-order valence-corrected chi connectivity index (χ3v) is 5.73. The molecule has 1 rings (SSSR count). The summed E-state index contributed by atoms with van der Waals surface area (Å²) in [6, 6.07) is 4.61. The van der Waals surface area contributed by atoms with Crippen molar-refractivity contribution in [1.82, 2.24) is 5.32 Å². The number of sulfone groups is 1. The maximum atomic E-state index is 12.1. The van der Waals surface area contributed by atoms with Crippen LogP contribution in [-0.4, -0.2) is 45.3 Å². The van der Waals surface area contributed by atoms with Crippen molar-refractivity contribution in [1.29, 1.82) is 0 Å². The molecule has 0 fully saturated rings. The highest BCUT2D eigenvalue weighted by Gasteiger charge is 2.22. The van der Waals surface area contributed by atoms with Crippen molar-refractivity contribution in [2.24, 2.45) is 0 Å². The number of hydrogen-bond donors (Lipinski definition) is 2. The first-order chi connectivity index (χ1) is 9.51. The molecule has 1 aromatic carbocycles. The standard InChI is InChI=1S/C11H14BrNO6S2/c1-8-2-3-10(9(12)6-8)20(15,16)7-11(14)13-4-5-21(17,18)19/h2-3,6H,4-5,7H2,1H3,(H,13,14)(H,17,18,19). The normalized spacial score (nSPS) is 12.1. The second kappa shape index (κ2) is 6.86. The molecular weight excluding hydrogens is 386 g/mol. The van der Waals surface area contributed by atoms with E-state index in [1.807, 2.05) is 0 Å². The lowest BCUT2D eigenvalue weighted by molar-refractivity contribution is -0.118. The van der Waals surface area contributed by atoms with E-state index in [-0.39, 0.29) is 11.4 Å². The molecule has 0 saturated heterocycles. The van der Waals surface area contributed by atoms with E-state index < -0.39 is 37.4 Å². The molecule has 0 aliphatic rings. The molecule has 2 N–H and O–H groups in total. The largest absolute Gasteiger partial charge is 0.354 e. The number of benzene rings is 1. The summed E-state index contributed by atoms with van der Waals surface area (Å²) < 4.78 is 54.0. The molecule has 1 aromatic rings. The van der Waals surface area contributed by atoms with E-state index >= 15 is 0 Å². The number of halogens is 1. The number of carbonyl (C=O) groups is 1. The van der Waals surface area contributed by atoms with Crippen molar-refractivity contribution in [3.05, 3.63) is 28.2 Å². The molecule has 10 heteroatoms. The summed E-state index contributed by atoms with van der Waals surface area (Å²) >= 11 is 3.13. The van der Waals surface area contributed by atoms with Gasteiger partial charge in [0.05, 0.1) is 10.6 Å². The molecule has 0 aliphatic heterocycles. The van der Waals surface area contributed by atoms with Crippen molar-refractivity contribution in [3.8, 4) is 0 Å². The Morgan fingerprint density at radius 1 is 1.29 bits per heavy atom. The van der Waals surface area contributed by atoms with Crippen LogP contribution in [0.4, 0.5) is 0 Å². The van der Waals surface area contributed by atoms with E-state index in [2.05, 4.69) is 21.2 Å². The Hall–Kier alpha value is -0.970. The van der Waals surface area contributed by atoms with E-state index in [4.69, 9.17) is 4.55 Å². The van der Waals surface area contributed by atoms with Crippen molar-refractivity contribution in [2.75, 3.05) is 18.1 Å². The van der Waals surface area contributed by atoms with Crippen LogP contribution in [0, 0.1) is 6.92 Å². The molecule has 0 atom stereocenters. The summed E-state index contributed by atoms with van der Waals surface area (Å²) in [5, 5.41) is 2.12. The van der Waals surface area contributed by atoms with Crippen molar-refractivity contribution >= 4 is 41.8 Å². The summed E-state index contributed by atoms with van der Waals surface area (Å²) in [6.07, 6.45) is 0. The Morgan fingerprint density at radius 2 is 1.90 bits per heavy atom. The van der Waals surface area contributed by atoms with Crippen molar-refractivity contribution in [2.45, 2.75) is 11.8 Å². The predicted molar refractivity (Wildman–Crippen MR) is 80.4 cm³/mol. The zero-order valence-corrected chi connectivity index (χ0v) is 14.3. The van der Waals surface area contributed by atoms with E-state index in [1.54, 1.807) is 19.1 Å². The number of nitrogens with one attached hydrogen (secondary N) is 1. The van der Waals surface area contributed by atoms with Gasteiger partial charge in [-0.1, -0.05) is 6.07 Å². The van der Waals surface area contributed by atoms with Crippen LogP contribution >= 0.6 is 15.9 Å². The van der Waals surface area contributed by atoms with Gasteiger partial charge in [-0.2, -0.15) is 8.42 Å². The second-order valence-electron chi connectivity index (χ2n) is 4.33. The topological polar surface area (TPSA) is 118 Å². The zero-order chi connectivity index (χ0) is 16.3. The summed E-state index contributed by atoms with van der Waals surface area (Å²) in [4.78, 5) is 11.5. The van der Waals surface area contributed by atoms with Gasteiger partial charge >= 0.3 is 0 Å². The van der Waals surface area contributed by atoms with Crippen molar-refractivity contribution < 1.29 is 26.2 Å². The average molecular weight is 400 g/mol. The third kappa shape index (κ3) is 6.12. The van der Waals surface area contributed by atoms with Crippen LogP contribution in [0.1, 0.15) is 5.56 Å². The molecule has 0 unspecified atom stereocenters. The average Bonchev–Trinajstić information content (AvgIpc) is 2.25. The van der Waals surface area contributed by atoms with Gasteiger partial charge < -0.3 is 5.32 Å². The van der Waals surface area contributed by atoms with Gasteiger partial charge in [0, 0.05) is 11.0 Å². The Bertz CT molecular complexity index is 742. The number of aryl methyl sites for hydroxylation is 1. The molecule has 118 valence electrons. The third-order valence-electron chi connectivity index (χ3n) is 2.43. The van der Waals surface area contributed by atoms with E-state index in [1.165, 1.54) is 6.07 Å². The first-order valence-corrected chi connectivity index (χ1v) is 9.77. The molecule has 0 radical (unpaired) electrons. The Balaban J connectivity index is 2.74. The van der Waals surface area contributed by atoms with Gasteiger partial charge in [-0.3, -0.25) is 9.35 Å². The lowest BCUT2D eigenvalue weighted by Gasteiger charge is -2.08. The predicted octanol–water partition coefficient (Wildman–Crippen LogP) is 0.535. The minimum Gasteiger partial charge on any atom is -0.354 e. The fourth-order valence-electron chi connectivity index (χ4n) is 1.48. The minimum atomic E-state index is -4.20. The quantitative estimate of drug-likeness (QED) is 0.673. The lowest BCUT2D eigenvalue weighted by Crippen LogP contribution is -2.33. The fraction of sp³-hybridized carbons (Fsp3) is 0.364. The van der Waals surface area contributed by atoms with Gasteiger partial charge in [0.2, 0.25) is 5.91 Å². The van der Waals surface area contributed by atoms with Crippen LogP contribution in [0.25, 0.3) is 0 Å². The van der Waals surface area contributed by atoms with Crippen LogP contribution in [0.15, 0.2) is 27.6 Å². The van der Waals surface area contributed by atoms with E-state index in [9.17, 15) is 21.6 Å². The second-order valence-corrected chi connectivity index (χ2v) is 8.71. The van der Waals surface area contributed by atoms with Crippen LogP contribution in [0.3, 0.4) is 0 Å². The molecule has 7 nitrogen and oxygen atoms in total. The smallest absolute Gasteiger partial charge is 0.266 e. The molecule has 0 aromatic heterocycles. The molecule has 0 heterocycles. The maximum absolute atomic E-state index is 12.1. The maximum Gasteiger partial charge on any atom is 0.266 e. The van der Waals surface area contributed by atoms with E-state index in [0.29, 0.717) is 4.47 Å². The summed E-state index contributed by atoms with van der Waals surface area (Å²) in [6.45, 7) is 1.44. The molecule has 0 bridgehead atoms. The van der Waals surface area contributed by atoms with Crippen LogP contribution in [0.2, 0.25) is 0 Å². The molecule has 21 heavy (non-hydrogen) atoms. The van der Waals surface area contributed by atoms with Gasteiger partial charge in [-0.25, -0.2) is 8.42 Å². The molecule has 1 amide bonds. The van der Waals surface area contributed by atoms with Gasteiger partial charge in [0.1, 0.15) is 5.75 Å². The summed E-state index contributed by atoms with van der Waals surface area (Å²) in [5.41, 5.74) is 0.860. The van der Waals surface area contributed by atoms with Gasteiger partial charge in [0.15, 0.2) is 9.84 Å². The van der Waals surface area contributed by atoms with Gasteiger partial charge in [0.25, 0.3) is 10.1 Å². The zero-order valence-electron chi connectivity index (χ0n) is 11.0. The number of amides is 1. The molecule has 0 aliphatic carbocycles. The first-order valence-electron chi connectivity index (χ1n) is 5.72. The highest BCUT2D eigenvalue weighted by atomic mass is 79.9. The Kier molecular flexibility index (Phi) is 5.91. The van der Waals surface area contributed by atoms with Crippen LogP contribution in [-0.2, 0) is 24.7 Å². The number of rotatable bonds is 6. The summed E-state index contributed by atoms with van der Waals surface area (Å²) in [7, 11) is -8.04. The molecule has 0 saturated carbocycles. The lowest BCUT2D eigenvalue weighted by atomic mass is 10.2. The fourth-order valence-corrected chi connectivity index (χ4v) is 4.31. The van der Waals surface area contributed by atoms with Gasteiger partial charge in [-0.05, 0) is 40.5 Å². The monoisotopic (exact) mass is 399 g/mol. The van der Waals surface area contributed by atoms with E-state index in [0.717, 1.165) is 5.56 Å². The highest BCUT2D eigenvalue weighted by Crippen LogP contribution is 2.23. The molecular formula is C11H14BrNO6S2. The number of hydrogen-bond acceptors (Lipinski definition) is 5. The van der Waals surface area contributed by atoms with Crippen molar-refractivity contribution in [3.63, 3.8) is 0 Å². The Morgan fingerprint density at radius 3 is 2.43 bits per heavy atom. The SMILES string of the molecule is Cc1ccc(S(=O)(=O)CC(=O)NCCS(=O)(=O)O)c(Br)c1. The Labute approximate surface area is 131 Å².